The van der Waals surface area contributed by atoms with Crippen molar-refractivity contribution >= 4 is 12.2 Å². The lowest BCUT2D eigenvalue weighted by atomic mass is 10.1. The summed E-state index contributed by atoms with van der Waals surface area (Å²) in [4.78, 5) is 15.9. The van der Waals surface area contributed by atoms with Crippen molar-refractivity contribution in [2.75, 3.05) is 6.67 Å². The fourth-order valence-electron chi connectivity index (χ4n) is 1.73. The molecule has 17 heavy (non-hydrogen) atoms. The Morgan fingerprint density at radius 1 is 1.53 bits per heavy atom. The van der Waals surface area contributed by atoms with Crippen LogP contribution in [0.15, 0.2) is 35.3 Å². The zero-order chi connectivity index (χ0) is 12.3. The first-order chi connectivity index (χ1) is 8.22. The van der Waals surface area contributed by atoms with Gasteiger partial charge in [-0.05, 0) is 12.5 Å². The summed E-state index contributed by atoms with van der Waals surface area (Å²) < 4.78 is 0. The molecule has 0 aromatic heterocycles. The number of nitrogens with one attached hydrogen (secondary N) is 1. The third-order valence-corrected chi connectivity index (χ3v) is 2.76. The van der Waals surface area contributed by atoms with Crippen LogP contribution in [0.25, 0.3) is 0 Å². The second kappa shape index (κ2) is 4.97. The second-order valence-electron chi connectivity index (χ2n) is 3.95. The highest BCUT2D eigenvalue weighted by Gasteiger charge is 2.26. The van der Waals surface area contributed by atoms with Crippen molar-refractivity contribution in [3.63, 3.8) is 0 Å². The summed E-state index contributed by atoms with van der Waals surface area (Å²) in [5.41, 5.74) is 1.10. The molecule has 1 aromatic rings. The molecule has 1 aliphatic rings. The van der Waals surface area contributed by atoms with Gasteiger partial charge in [-0.1, -0.05) is 30.3 Å². The Balaban J connectivity index is 2.01. The standard InChI is InChI=1S/C12H15N3O2/c1-9(10-5-3-2-4-6-10)14-11-12(17)15(8-16)7-13-11/h2-6,8-9,12,17H,7H2,1H3,(H,13,14). The monoisotopic (exact) mass is 233 g/mol. The molecule has 5 nitrogen and oxygen atoms in total. The van der Waals surface area contributed by atoms with Crippen molar-refractivity contribution < 1.29 is 9.90 Å². The van der Waals surface area contributed by atoms with Gasteiger partial charge in [-0.15, -0.1) is 0 Å². The number of nitrogens with zero attached hydrogens (tertiary/aromatic N) is 2. The predicted octanol–water partition coefficient (Wildman–Crippen LogP) is 0.484. The van der Waals surface area contributed by atoms with Gasteiger partial charge in [-0.2, -0.15) is 0 Å². The minimum Gasteiger partial charge on any atom is -0.367 e. The number of benzene rings is 1. The van der Waals surface area contributed by atoms with E-state index in [0.717, 1.165) is 5.56 Å². The topological polar surface area (TPSA) is 64.9 Å². The normalized spacial score (nSPS) is 20.9. The van der Waals surface area contributed by atoms with E-state index in [1.807, 2.05) is 37.3 Å². The largest absolute Gasteiger partial charge is 0.367 e. The van der Waals surface area contributed by atoms with E-state index in [2.05, 4.69) is 10.3 Å². The smallest absolute Gasteiger partial charge is 0.213 e. The van der Waals surface area contributed by atoms with E-state index in [4.69, 9.17) is 0 Å². The maximum absolute atomic E-state index is 10.6. The van der Waals surface area contributed by atoms with Gasteiger partial charge in [-0.3, -0.25) is 9.69 Å². The summed E-state index contributed by atoms with van der Waals surface area (Å²) in [5, 5.41) is 12.9. The molecular weight excluding hydrogens is 218 g/mol. The number of amides is 1. The van der Waals surface area contributed by atoms with Crippen molar-refractivity contribution in [2.24, 2.45) is 4.99 Å². The molecule has 0 aliphatic carbocycles. The molecule has 2 unspecified atom stereocenters. The van der Waals surface area contributed by atoms with Crippen LogP contribution in [0.5, 0.6) is 0 Å². The molecule has 2 rings (SSSR count). The molecule has 90 valence electrons. The van der Waals surface area contributed by atoms with Gasteiger partial charge in [0.2, 0.25) is 6.41 Å². The average molecular weight is 233 g/mol. The number of hydrogen-bond donors (Lipinski definition) is 2. The van der Waals surface area contributed by atoms with Gasteiger partial charge in [0.1, 0.15) is 12.5 Å². The Morgan fingerprint density at radius 2 is 2.24 bits per heavy atom. The number of rotatable bonds is 3. The molecule has 0 fully saturated rings. The summed E-state index contributed by atoms with van der Waals surface area (Å²) in [6.45, 7) is 2.18. The van der Waals surface area contributed by atoms with Crippen molar-refractivity contribution in [2.45, 2.75) is 19.2 Å². The zero-order valence-electron chi connectivity index (χ0n) is 9.58. The number of aliphatic hydroxyl groups is 1. The highest BCUT2D eigenvalue weighted by molar-refractivity contribution is 5.89. The maximum atomic E-state index is 10.6. The van der Waals surface area contributed by atoms with Gasteiger partial charge in [0.25, 0.3) is 0 Å². The van der Waals surface area contributed by atoms with Crippen LogP contribution in [-0.2, 0) is 4.79 Å². The molecule has 0 radical (unpaired) electrons. The van der Waals surface area contributed by atoms with Crippen LogP contribution in [0.3, 0.4) is 0 Å². The lowest BCUT2D eigenvalue weighted by Crippen LogP contribution is -2.41. The van der Waals surface area contributed by atoms with Crippen LogP contribution >= 0.6 is 0 Å². The molecular formula is C12H15N3O2. The highest BCUT2D eigenvalue weighted by Crippen LogP contribution is 2.13. The van der Waals surface area contributed by atoms with E-state index in [9.17, 15) is 9.90 Å². The number of carbonyl (C=O) groups is 1. The number of hydrogen-bond acceptors (Lipinski definition) is 4. The average Bonchev–Trinajstić information content (AvgIpc) is 2.71. The minimum atomic E-state index is -0.960. The molecule has 1 heterocycles. The summed E-state index contributed by atoms with van der Waals surface area (Å²) >= 11 is 0. The van der Waals surface area contributed by atoms with Crippen molar-refractivity contribution in [1.82, 2.24) is 10.2 Å². The van der Waals surface area contributed by atoms with Crippen LogP contribution in [0.1, 0.15) is 18.5 Å². The number of aliphatic imine (C=N–C) groups is 1. The van der Waals surface area contributed by atoms with E-state index in [1.54, 1.807) is 0 Å². The Labute approximate surface area is 99.8 Å². The Morgan fingerprint density at radius 3 is 2.82 bits per heavy atom. The van der Waals surface area contributed by atoms with Crippen LogP contribution in [0, 0.1) is 0 Å². The Bertz CT molecular complexity index is 419. The second-order valence-corrected chi connectivity index (χ2v) is 3.95. The summed E-state index contributed by atoms with van der Waals surface area (Å²) in [7, 11) is 0. The third-order valence-electron chi connectivity index (χ3n) is 2.76. The number of carbonyl (C=O) groups excluding carboxylic acids is 1. The SMILES string of the molecule is CC(NC1=NCN(C=O)C1O)c1ccccc1. The summed E-state index contributed by atoms with van der Waals surface area (Å²) in [6.07, 6.45) is -0.366. The zero-order valence-corrected chi connectivity index (χ0v) is 9.58. The first-order valence-electron chi connectivity index (χ1n) is 5.47. The van der Waals surface area contributed by atoms with E-state index in [-0.39, 0.29) is 12.7 Å². The van der Waals surface area contributed by atoms with Gasteiger partial charge >= 0.3 is 0 Å². The molecule has 2 N–H and O–H groups in total. The number of amidine groups is 1. The fraction of sp³-hybridized carbons (Fsp3) is 0.333. The lowest BCUT2D eigenvalue weighted by Gasteiger charge is -2.19. The van der Waals surface area contributed by atoms with Gasteiger partial charge in [0.05, 0.1) is 0 Å². The first kappa shape index (κ1) is 11.6. The van der Waals surface area contributed by atoms with Gasteiger partial charge in [-0.25, -0.2) is 4.99 Å². The van der Waals surface area contributed by atoms with Crippen LogP contribution in [0.2, 0.25) is 0 Å². The lowest BCUT2D eigenvalue weighted by molar-refractivity contribution is -0.122. The quantitative estimate of drug-likeness (QED) is 0.746. The van der Waals surface area contributed by atoms with Crippen molar-refractivity contribution in [3.05, 3.63) is 35.9 Å². The number of aliphatic hydroxyl groups excluding tert-OH is 1. The van der Waals surface area contributed by atoms with E-state index >= 15 is 0 Å². The van der Waals surface area contributed by atoms with Crippen LogP contribution in [-0.4, -0.2) is 35.1 Å². The highest BCUT2D eigenvalue weighted by atomic mass is 16.3. The first-order valence-corrected chi connectivity index (χ1v) is 5.47. The van der Waals surface area contributed by atoms with Crippen molar-refractivity contribution in [3.8, 4) is 0 Å². The van der Waals surface area contributed by atoms with E-state index in [1.165, 1.54) is 4.90 Å². The molecule has 0 spiro atoms. The van der Waals surface area contributed by atoms with Gasteiger partial charge < -0.3 is 10.4 Å². The van der Waals surface area contributed by atoms with E-state index in [0.29, 0.717) is 12.2 Å². The Kier molecular flexibility index (Phi) is 3.39. The maximum Gasteiger partial charge on any atom is 0.213 e. The summed E-state index contributed by atoms with van der Waals surface area (Å²) in [5.74, 6) is 0.438. The molecule has 5 heteroatoms. The van der Waals surface area contributed by atoms with E-state index < -0.39 is 6.23 Å². The molecule has 1 aliphatic heterocycles. The summed E-state index contributed by atoms with van der Waals surface area (Å²) in [6, 6.07) is 9.90. The van der Waals surface area contributed by atoms with Gasteiger partial charge in [0, 0.05) is 6.04 Å². The van der Waals surface area contributed by atoms with Gasteiger partial charge in [0.15, 0.2) is 6.23 Å². The van der Waals surface area contributed by atoms with Crippen molar-refractivity contribution in [1.29, 1.82) is 0 Å². The minimum absolute atomic E-state index is 0.0382. The molecule has 2 atom stereocenters. The van der Waals surface area contributed by atoms with Crippen LogP contribution < -0.4 is 5.32 Å². The molecule has 0 saturated carbocycles. The van der Waals surface area contributed by atoms with Crippen LogP contribution in [0.4, 0.5) is 0 Å². The molecule has 1 aromatic carbocycles. The third kappa shape index (κ3) is 2.45. The fourth-order valence-corrected chi connectivity index (χ4v) is 1.73. The molecule has 0 bridgehead atoms. The molecule has 0 saturated heterocycles. The Hall–Kier alpha value is -1.88. The predicted molar refractivity (Wildman–Crippen MR) is 64.2 cm³/mol. The molecule has 1 amide bonds.